The van der Waals surface area contributed by atoms with E-state index in [1.54, 1.807) is 0 Å². The Morgan fingerprint density at radius 2 is 1.89 bits per heavy atom. The highest BCUT2D eigenvalue weighted by Crippen LogP contribution is 2.34. The van der Waals surface area contributed by atoms with Crippen LogP contribution in [-0.4, -0.2) is 34.8 Å². The predicted molar refractivity (Wildman–Crippen MR) is 141 cm³/mol. The molecule has 2 aromatic rings. The third kappa shape index (κ3) is 6.52. The molecule has 1 saturated carbocycles. The van der Waals surface area contributed by atoms with Gasteiger partial charge >= 0.3 is 5.97 Å². The Morgan fingerprint density at radius 3 is 2.57 bits per heavy atom. The van der Waals surface area contributed by atoms with Crippen molar-refractivity contribution in [1.82, 2.24) is 4.90 Å². The fourth-order valence-electron chi connectivity index (χ4n) is 5.71. The van der Waals surface area contributed by atoms with Gasteiger partial charge in [0.2, 0.25) is 0 Å². The van der Waals surface area contributed by atoms with Crippen molar-refractivity contribution in [2.24, 2.45) is 11.1 Å². The van der Waals surface area contributed by atoms with E-state index in [0.29, 0.717) is 13.2 Å². The molecular weight excluding hydrogens is 436 g/mol. The Bertz CT molecular complexity index is 1060. The fraction of sp³-hybridized carbons (Fsp3) is 0.533. The van der Waals surface area contributed by atoms with E-state index >= 15 is 0 Å². The molecule has 1 aliphatic heterocycles. The lowest BCUT2D eigenvalue weighted by Gasteiger charge is -2.23. The Balaban J connectivity index is 1.35. The average molecular weight is 477 g/mol. The SMILES string of the molecule is CCc1cc(/C(C)=N/OCc2ccc(C3CCCCC3)c(C)c2)ccc1CN1CC[C@H](C(=O)O)C1. The molecule has 2 fully saturated rings. The summed E-state index contributed by atoms with van der Waals surface area (Å²) in [6.07, 6.45) is 8.40. The largest absolute Gasteiger partial charge is 0.481 e. The zero-order valence-electron chi connectivity index (χ0n) is 21.6. The minimum absolute atomic E-state index is 0.238. The second-order valence-corrected chi connectivity index (χ2v) is 10.4. The first-order valence-corrected chi connectivity index (χ1v) is 13.3. The molecule has 1 aliphatic carbocycles. The van der Waals surface area contributed by atoms with Crippen molar-refractivity contribution in [3.05, 3.63) is 69.8 Å². The summed E-state index contributed by atoms with van der Waals surface area (Å²) < 4.78 is 0. The average Bonchev–Trinajstić information content (AvgIpc) is 3.34. The smallest absolute Gasteiger partial charge is 0.307 e. The Hall–Kier alpha value is -2.66. The standard InChI is InChI=1S/C30H40N2O3/c1-4-24-17-26(11-12-27(24)18-32-15-14-28(19-32)30(33)34)22(3)31-35-20-23-10-13-29(21(2)16-23)25-8-6-5-7-9-25/h10-13,16-17,25,28H,4-9,14-15,18-20H2,1-3H3,(H,33,34)/b31-22+/t28-/m0/s1. The van der Waals surface area contributed by atoms with Crippen LogP contribution in [0.4, 0.5) is 0 Å². The van der Waals surface area contributed by atoms with Gasteiger partial charge in [0.25, 0.3) is 0 Å². The minimum Gasteiger partial charge on any atom is -0.481 e. The van der Waals surface area contributed by atoms with E-state index in [-0.39, 0.29) is 5.92 Å². The van der Waals surface area contributed by atoms with Crippen LogP contribution in [-0.2, 0) is 29.2 Å². The molecule has 0 radical (unpaired) electrons. The normalized spacial score (nSPS) is 19.7. The number of aliphatic carboxylic acids is 1. The Labute approximate surface area is 210 Å². The van der Waals surface area contributed by atoms with Crippen molar-refractivity contribution in [3.8, 4) is 0 Å². The van der Waals surface area contributed by atoms with E-state index in [1.807, 2.05) is 6.92 Å². The predicted octanol–water partition coefficient (Wildman–Crippen LogP) is 6.45. The summed E-state index contributed by atoms with van der Waals surface area (Å²) in [5, 5.41) is 13.7. The van der Waals surface area contributed by atoms with Gasteiger partial charge < -0.3 is 9.94 Å². The van der Waals surface area contributed by atoms with E-state index in [0.717, 1.165) is 48.7 Å². The lowest BCUT2D eigenvalue weighted by atomic mass is 9.82. The van der Waals surface area contributed by atoms with Crippen LogP contribution in [0.15, 0.2) is 41.6 Å². The van der Waals surface area contributed by atoms with Crippen LogP contribution >= 0.6 is 0 Å². The molecule has 5 nitrogen and oxygen atoms in total. The molecule has 0 aromatic heterocycles. The molecule has 2 aliphatic rings. The highest BCUT2D eigenvalue weighted by atomic mass is 16.6. The van der Waals surface area contributed by atoms with Gasteiger partial charge in [0.05, 0.1) is 11.6 Å². The van der Waals surface area contributed by atoms with Gasteiger partial charge in [-0.25, -0.2) is 0 Å². The first-order valence-electron chi connectivity index (χ1n) is 13.3. The summed E-state index contributed by atoms with van der Waals surface area (Å²) >= 11 is 0. The quantitative estimate of drug-likeness (QED) is 0.334. The molecule has 5 heteroatoms. The maximum atomic E-state index is 11.3. The maximum absolute atomic E-state index is 11.3. The summed E-state index contributed by atoms with van der Waals surface area (Å²) in [6.45, 7) is 9.13. The van der Waals surface area contributed by atoms with Crippen LogP contribution in [0.3, 0.4) is 0 Å². The molecule has 1 atom stereocenters. The molecule has 4 rings (SSSR count). The number of aryl methyl sites for hydroxylation is 2. The molecule has 188 valence electrons. The minimum atomic E-state index is -0.680. The van der Waals surface area contributed by atoms with Gasteiger partial charge in [0.1, 0.15) is 6.61 Å². The van der Waals surface area contributed by atoms with Crippen molar-refractivity contribution in [1.29, 1.82) is 0 Å². The fourth-order valence-corrected chi connectivity index (χ4v) is 5.71. The van der Waals surface area contributed by atoms with Gasteiger partial charge in [0.15, 0.2) is 0 Å². The molecular formula is C30H40N2O3. The highest BCUT2D eigenvalue weighted by Gasteiger charge is 2.28. The van der Waals surface area contributed by atoms with Gasteiger partial charge in [0, 0.05) is 13.1 Å². The first kappa shape index (κ1) is 25.4. The zero-order chi connectivity index (χ0) is 24.8. The van der Waals surface area contributed by atoms with Crippen LogP contribution < -0.4 is 0 Å². The van der Waals surface area contributed by atoms with Crippen molar-refractivity contribution >= 4 is 11.7 Å². The first-order chi connectivity index (χ1) is 16.9. The monoisotopic (exact) mass is 476 g/mol. The zero-order valence-corrected chi connectivity index (χ0v) is 21.6. The summed E-state index contributed by atoms with van der Waals surface area (Å²) in [5.41, 5.74) is 8.53. The van der Waals surface area contributed by atoms with Gasteiger partial charge in [-0.3, -0.25) is 9.69 Å². The topological polar surface area (TPSA) is 62.1 Å². The third-order valence-corrected chi connectivity index (χ3v) is 7.83. The molecule has 0 amide bonds. The van der Waals surface area contributed by atoms with Gasteiger partial charge in [-0.15, -0.1) is 0 Å². The molecule has 0 unspecified atom stereocenters. The van der Waals surface area contributed by atoms with Crippen molar-refractivity contribution in [2.75, 3.05) is 13.1 Å². The highest BCUT2D eigenvalue weighted by molar-refractivity contribution is 5.98. The lowest BCUT2D eigenvalue weighted by molar-refractivity contribution is -0.141. The van der Waals surface area contributed by atoms with Crippen LogP contribution in [0.1, 0.15) is 91.7 Å². The summed E-state index contributed by atoms with van der Waals surface area (Å²) in [5.74, 6) is -0.197. The number of hydrogen-bond donors (Lipinski definition) is 1. The number of hydrogen-bond acceptors (Lipinski definition) is 4. The van der Waals surface area contributed by atoms with Gasteiger partial charge in [-0.05, 0) is 91.4 Å². The lowest BCUT2D eigenvalue weighted by Crippen LogP contribution is -2.23. The number of likely N-dealkylation sites (tertiary alicyclic amines) is 1. The molecule has 2 aromatic carbocycles. The molecule has 35 heavy (non-hydrogen) atoms. The van der Waals surface area contributed by atoms with E-state index in [1.165, 1.54) is 54.4 Å². The van der Waals surface area contributed by atoms with Gasteiger partial charge in [-0.2, -0.15) is 0 Å². The van der Waals surface area contributed by atoms with Crippen LogP contribution in [0, 0.1) is 12.8 Å². The molecule has 1 N–H and O–H groups in total. The number of oxime groups is 1. The number of nitrogens with zero attached hydrogens (tertiary/aromatic N) is 2. The van der Waals surface area contributed by atoms with Crippen molar-refractivity contribution in [3.63, 3.8) is 0 Å². The maximum Gasteiger partial charge on any atom is 0.307 e. The number of carbonyl (C=O) groups is 1. The molecule has 1 heterocycles. The van der Waals surface area contributed by atoms with E-state index < -0.39 is 5.97 Å². The summed E-state index contributed by atoms with van der Waals surface area (Å²) in [7, 11) is 0. The summed E-state index contributed by atoms with van der Waals surface area (Å²) in [6, 6.07) is 13.2. The van der Waals surface area contributed by atoms with Crippen LogP contribution in [0.5, 0.6) is 0 Å². The van der Waals surface area contributed by atoms with Crippen molar-refractivity contribution < 1.29 is 14.7 Å². The van der Waals surface area contributed by atoms with E-state index in [9.17, 15) is 9.90 Å². The number of carboxylic acids is 1. The van der Waals surface area contributed by atoms with Crippen LogP contribution in [0.25, 0.3) is 0 Å². The number of benzene rings is 2. The van der Waals surface area contributed by atoms with Crippen molar-refractivity contribution in [2.45, 2.75) is 84.8 Å². The second kappa shape index (κ2) is 11.9. The number of carboxylic acid groups (broad SMARTS) is 1. The summed E-state index contributed by atoms with van der Waals surface area (Å²) in [4.78, 5) is 19.3. The van der Waals surface area contributed by atoms with E-state index in [2.05, 4.69) is 60.3 Å². The molecule has 0 bridgehead atoms. The van der Waals surface area contributed by atoms with E-state index in [4.69, 9.17) is 4.84 Å². The Morgan fingerprint density at radius 1 is 1.09 bits per heavy atom. The second-order valence-electron chi connectivity index (χ2n) is 10.4. The van der Waals surface area contributed by atoms with Gasteiger partial charge in [-0.1, -0.05) is 61.7 Å². The van der Waals surface area contributed by atoms with Crippen LogP contribution in [0.2, 0.25) is 0 Å². The third-order valence-electron chi connectivity index (χ3n) is 7.83. The number of rotatable bonds is 9. The molecule has 0 spiro atoms. The Kier molecular flexibility index (Phi) is 8.61. The molecule has 1 saturated heterocycles.